The molecule has 27 heavy (non-hydrogen) atoms. The van der Waals surface area contributed by atoms with Gasteiger partial charge in [0.15, 0.2) is 0 Å². The number of rotatable bonds is 9. The van der Waals surface area contributed by atoms with Gasteiger partial charge in [-0.15, -0.1) is 4.98 Å². The molecule has 140 valence electrons. The SMILES string of the molecule is CN(C)CCCNc1nc(Oc2ccccc2)nc(Oc2ccccc2)n1. The Bertz CT molecular complexity index is 769. The minimum Gasteiger partial charge on any atom is -0.424 e. The zero-order valence-corrected chi connectivity index (χ0v) is 15.5. The first kappa shape index (κ1) is 18.6. The maximum Gasteiger partial charge on any atom is 0.330 e. The van der Waals surface area contributed by atoms with Gasteiger partial charge in [0.25, 0.3) is 0 Å². The average molecular weight is 365 g/mol. The molecular weight excluding hydrogens is 342 g/mol. The molecule has 0 amide bonds. The molecule has 0 aliphatic heterocycles. The number of hydrogen-bond acceptors (Lipinski definition) is 7. The molecule has 0 atom stereocenters. The third-order valence-corrected chi connectivity index (χ3v) is 3.56. The predicted molar refractivity (Wildman–Crippen MR) is 105 cm³/mol. The summed E-state index contributed by atoms with van der Waals surface area (Å²) in [5.41, 5.74) is 0. The molecule has 7 heteroatoms. The summed E-state index contributed by atoms with van der Waals surface area (Å²) in [6, 6.07) is 19.1. The Hall–Kier alpha value is -3.19. The van der Waals surface area contributed by atoms with Gasteiger partial charge < -0.3 is 19.7 Å². The molecule has 0 radical (unpaired) electrons. The highest BCUT2D eigenvalue weighted by Crippen LogP contribution is 2.23. The van der Waals surface area contributed by atoms with Crippen molar-refractivity contribution in [1.29, 1.82) is 0 Å². The number of ether oxygens (including phenoxy) is 2. The van der Waals surface area contributed by atoms with Gasteiger partial charge in [0, 0.05) is 6.54 Å². The zero-order chi connectivity index (χ0) is 18.9. The van der Waals surface area contributed by atoms with E-state index < -0.39 is 0 Å². The van der Waals surface area contributed by atoms with Crippen molar-refractivity contribution in [3.8, 4) is 23.5 Å². The van der Waals surface area contributed by atoms with Crippen LogP contribution in [0.3, 0.4) is 0 Å². The highest BCUT2D eigenvalue weighted by atomic mass is 16.5. The summed E-state index contributed by atoms with van der Waals surface area (Å²) in [6.07, 6.45) is 0.961. The van der Waals surface area contributed by atoms with Crippen LogP contribution in [0.5, 0.6) is 23.5 Å². The number of hydrogen-bond donors (Lipinski definition) is 1. The minimum absolute atomic E-state index is 0.178. The van der Waals surface area contributed by atoms with Gasteiger partial charge in [-0.05, 0) is 51.3 Å². The largest absolute Gasteiger partial charge is 0.424 e. The summed E-state index contributed by atoms with van der Waals surface area (Å²) in [5.74, 6) is 1.71. The lowest BCUT2D eigenvalue weighted by molar-refractivity contribution is 0.396. The lowest BCUT2D eigenvalue weighted by Crippen LogP contribution is -2.17. The number of aromatic nitrogens is 3. The molecule has 7 nitrogen and oxygen atoms in total. The molecule has 0 unspecified atom stereocenters. The zero-order valence-electron chi connectivity index (χ0n) is 15.5. The quantitative estimate of drug-likeness (QED) is 0.578. The first-order valence-electron chi connectivity index (χ1n) is 8.79. The summed E-state index contributed by atoms with van der Waals surface area (Å²) >= 11 is 0. The molecule has 2 aromatic carbocycles. The number of nitrogens with zero attached hydrogens (tertiary/aromatic N) is 4. The van der Waals surface area contributed by atoms with Gasteiger partial charge in [-0.25, -0.2) is 0 Å². The second-order valence-corrected chi connectivity index (χ2v) is 6.14. The lowest BCUT2D eigenvalue weighted by atomic mass is 10.3. The maximum atomic E-state index is 5.75. The van der Waals surface area contributed by atoms with Crippen LogP contribution in [0.15, 0.2) is 60.7 Å². The Morgan fingerprint density at radius 2 is 1.30 bits per heavy atom. The molecule has 0 saturated carbocycles. The van der Waals surface area contributed by atoms with Crippen molar-refractivity contribution in [2.24, 2.45) is 0 Å². The first-order valence-corrected chi connectivity index (χ1v) is 8.79. The number of nitrogens with one attached hydrogen (secondary N) is 1. The summed E-state index contributed by atoms with van der Waals surface area (Å²) < 4.78 is 11.5. The van der Waals surface area contributed by atoms with E-state index in [-0.39, 0.29) is 12.0 Å². The molecule has 0 aliphatic rings. The van der Waals surface area contributed by atoms with Gasteiger partial charge in [-0.2, -0.15) is 9.97 Å². The Labute approximate surface area is 159 Å². The topological polar surface area (TPSA) is 72.4 Å². The predicted octanol–water partition coefficient (Wildman–Crippen LogP) is 3.82. The van der Waals surface area contributed by atoms with E-state index in [1.807, 2.05) is 74.8 Å². The lowest BCUT2D eigenvalue weighted by Gasteiger charge is -2.11. The monoisotopic (exact) mass is 365 g/mol. The molecule has 1 heterocycles. The molecule has 1 aromatic heterocycles. The summed E-state index contributed by atoms with van der Waals surface area (Å²) in [4.78, 5) is 15.1. The highest BCUT2D eigenvalue weighted by molar-refractivity contribution is 5.32. The normalized spacial score (nSPS) is 10.6. The second-order valence-electron chi connectivity index (χ2n) is 6.14. The van der Waals surface area contributed by atoms with E-state index in [0.717, 1.165) is 19.5 Å². The van der Waals surface area contributed by atoms with E-state index >= 15 is 0 Å². The molecule has 3 rings (SSSR count). The molecule has 0 fully saturated rings. The van der Waals surface area contributed by atoms with Gasteiger partial charge in [0.2, 0.25) is 5.95 Å². The smallest absolute Gasteiger partial charge is 0.330 e. The Balaban J connectivity index is 1.76. The van der Waals surface area contributed by atoms with E-state index in [1.54, 1.807) is 0 Å². The number of anilines is 1. The third-order valence-electron chi connectivity index (χ3n) is 3.56. The summed E-state index contributed by atoms with van der Waals surface area (Å²) in [6.45, 7) is 1.70. The third kappa shape index (κ3) is 6.23. The van der Waals surface area contributed by atoms with E-state index in [2.05, 4.69) is 25.2 Å². The fraction of sp³-hybridized carbons (Fsp3) is 0.250. The van der Waals surface area contributed by atoms with E-state index in [9.17, 15) is 0 Å². The molecule has 0 aliphatic carbocycles. The summed E-state index contributed by atoms with van der Waals surface area (Å²) in [7, 11) is 4.08. The van der Waals surface area contributed by atoms with Gasteiger partial charge in [-0.3, -0.25) is 0 Å². The van der Waals surface area contributed by atoms with Crippen LogP contribution in [0.1, 0.15) is 6.42 Å². The highest BCUT2D eigenvalue weighted by Gasteiger charge is 2.10. The molecule has 0 bridgehead atoms. The van der Waals surface area contributed by atoms with Gasteiger partial charge in [0.05, 0.1) is 0 Å². The van der Waals surface area contributed by atoms with E-state index in [4.69, 9.17) is 9.47 Å². The van der Waals surface area contributed by atoms with Gasteiger partial charge >= 0.3 is 12.0 Å². The van der Waals surface area contributed by atoms with Crippen LogP contribution in [-0.4, -0.2) is 47.0 Å². The molecule has 0 spiro atoms. The first-order chi connectivity index (χ1) is 13.2. The van der Waals surface area contributed by atoms with Crippen LogP contribution in [0.4, 0.5) is 5.95 Å². The van der Waals surface area contributed by atoms with E-state index in [0.29, 0.717) is 17.4 Å². The van der Waals surface area contributed by atoms with Gasteiger partial charge in [-0.1, -0.05) is 36.4 Å². The van der Waals surface area contributed by atoms with Crippen molar-refractivity contribution < 1.29 is 9.47 Å². The molecule has 0 saturated heterocycles. The second kappa shape index (κ2) is 9.49. The van der Waals surface area contributed by atoms with Crippen molar-refractivity contribution in [2.75, 3.05) is 32.5 Å². The fourth-order valence-electron chi connectivity index (χ4n) is 2.29. The van der Waals surface area contributed by atoms with Crippen molar-refractivity contribution in [3.63, 3.8) is 0 Å². The van der Waals surface area contributed by atoms with Crippen LogP contribution >= 0.6 is 0 Å². The Morgan fingerprint density at radius 1 is 0.778 bits per heavy atom. The fourth-order valence-corrected chi connectivity index (χ4v) is 2.29. The molecule has 1 N–H and O–H groups in total. The Kier molecular flexibility index (Phi) is 6.54. The Morgan fingerprint density at radius 3 is 1.78 bits per heavy atom. The van der Waals surface area contributed by atoms with Crippen LogP contribution in [0, 0.1) is 0 Å². The summed E-state index contributed by atoms with van der Waals surface area (Å²) in [5, 5.41) is 3.20. The molecular formula is C20H23N5O2. The van der Waals surface area contributed by atoms with Crippen molar-refractivity contribution in [3.05, 3.63) is 60.7 Å². The minimum atomic E-state index is 0.178. The standard InChI is InChI=1S/C20H23N5O2/c1-25(2)15-9-14-21-18-22-19(26-16-10-5-3-6-11-16)24-20(23-18)27-17-12-7-4-8-13-17/h3-8,10-13H,9,14-15H2,1-2H3,(H,21,22,23,24). The van der Waals surface area contributed by atoms with Crippen molar-refractivity contribution in [1.82, 2.24) is 19.9 Å². The van der Waals surface area contributed by atoms with Crippen LogP contribution in [-0.2, 0) is 0 Å². The maximum absolute atomic E-state index is 5.75. The number of benzene rings is 2. The van der Waals surface area contributed by atoms with Crippen LogP contribution in [0.2, 0.25) is 0 Å². The van der Waals surface area contributed by atoms with E-state index in [1.165, 1.54) is 0 Å². The average Bonchev–Trinajstić information content (AvgIpc) is 2.67. The number of para-hydroxylation sites is 2. The van der Waals surface area contributed by atoms with Crippen molar-refractivity contribution in [2.45, 2.75) is 6.42 Å². The van der Waals surface area contributed by atoms with Crippen LogP contribution < -0.4 is 14.8 Å². The molecule has 3 aromatic rings. The van der Waals surface area contributed by atoms with Gasteiger partial charge in [0.1, 0.15) is 11.5 Å². The van der Waals surface area contributed by atoms with Crippen LogP contribution in [0.25, 0.3) is 0 Å². The van der Waals surface area contributed by atoms with Crippen molar-refractivity contribution >= 4 is 5.95 Å².